The summed E-state index contributed by atoms with van der Waals surface area (Å²) in [6.45, 7) is 13.7. The van der Waals surface area contributed by atoms with Gasteiger partial charge in [0.25, 0.3) is 0 Å². The minimum Gasteiger partial charge on any atom is -0.444 e. The van der Waals surface area contributed by atoms with Crippen LogP contribution in [0.1, 0.15) is 79.6 Å². The van der Waals surface area contributed by atoms with E-state index in [4.69, 9.17) is 9.73 Å². The third kappa shape index (κ3) is 10.1. The fourth-order valence-corrected chi connectivity index (χ4v) is 4.26. The van der Waals surface area contributed by atoms with Gasteiger partial charge in [0.05, 0.1) is 0 Å². The van der Waals surface area contributed by atoms with E-state index >= 15 is 0 Å². The number of carbonyl (C=O) groups excluding carboxylic acids is 1. The molecule has 0 bridgehead atoms. The largest absolute Gasteiger partial charge is 0.444 e. The van der Waals surface area contributed by atoms with Gasteiger partial charge in [-0.05, 0) is 66.7 Å². The monoisotopic (exact) mass is 551 g/mol. The second kappa shape index (κ2) is 13.7. The Kier molecular flexibility index (Phi) is 12.5. The quantitative estimate of drug-likeness (QED) is 0.282. The number of nitrogens with zero attached hydrogens (tertiary/aromatic N) is 3. The molecule has 1 atom stereocenters. The normalized spacial score (nSPS) is 20.1. The molecule has 8 heteroatoms. The van der Waals surface area contributed by atoms with Crippen molar-refractivity contribution in [1.82, 2.24) is 20.4 Å². The lowest BCUT2D eigenvalue weighted by Gasteiger charge is -2.36. The van der Waals surface area contributed by atoms with Crippen LogP contribution in [0.2, 0.25) is 0 Å². The number of amides is 1. The second-order valence-corrected chi connectivity index (χ2v) is 9.88. The van der Waals surface area contributed by atoms with E-state index in [0.717, 1.165) is 25.0 Å². The summed E-state index contributed by atoms with van der Waals surface area (Å²) in [5, 5.41) is 7.00. The molecule has 0 spiro atoms. The number of halogens is 1. The molecular weight excluding hydrogens is 505 g/mol. The average molecular weight is 552 g/mol. The van der Waals surface area contributed by atoms with E-state index in [1.54, 1.807) is 11.9 Å². The Balaban J connectivity index is 0.00000480. The lowest BCUT2D eigenvalue weighted by molar-refractivity contribution is 0.0231. The number of carbonyl (C=O) groups is 1. The van der Waals surface area contributed by atoms with Crippen LogP contribution >= 0.6 is 24.0 Å². The van der Waals surface area contributed by atoms with E-state index in [1.165, 1.54) is 51.6 Å². The highest BCUT2D eigenvalue weighted by molar-refractivity contribution is 14.0. The number of aliphatic imine (C=N–C) groups is 1. The molecular formula is C23H46IN5O2. The van der Waals surface area contributed by atoms with Crippen molar-refractivity contribution in [1.29, 1.82) is 0 Å². The molecule has 0 aromatic carbocycles. The number of hydrogen-bond acceptors (Lipinski definition) is 4. The molecule has 31 heavy (non-hydrogen) atoms. The van der Waals surface area contributed by atoms with Gasteiger partial charge in [-0.15, -0.1) is 24.0 Å². The molecule has 0 aromatic rings. The summed E-state index contributed by atoms with van der Waals surface area (Å²) in [5.41, 5.74) is -0.474. The maximum absolute atomic E-state index is 12.2. The zero-order chi connectivity index (χ0) is 22.1. The number of hydrogen-bond donors (Lipinski definition) is 2. The maximum Gasteiger partial charge on any atom is 0.410 e. The standard InChI is InChI=1S/C23H45N5O2.HI/c1-7-24-21(25-15-12-18(2)27(6)22(29)30-23(3,4)5)26-19-13-16-28(17-14-19)20-10-8-9-11-20;/h18-20H,7-17H2,1-6H3,(H2,24,25,26);1H. The van der Waals surface area contributed by atoms with Crippen molar-refractivity contribution in [3.8, 4) is 0 Å². The van der Waals surface area contributed by atoms with Crippen molar-refractivity contribution < 1.29 is 9.53 Å². The molecule has 1 heterocycles. The van der Waals surface area contributed by atoms with Crippen LogP contribution in [0.15, 0.2) is 4.99 Å². The highest BCUT2D eigenvalue weighted by Crippen LogP contribution is 2.26. The van der Waals surface area contributed by atoms with E-state index < -0.39 is 5.60 Å². The predicted molar refractivity (Wildman–Crippen MR) is 139 cm³/mol. The summed E-state index contributed by atoms with van der Waals surface area (Å²) in [7, 11) is 1.80. The Hall–Kier alpha value is -0.770. The molecule has 1 saturated heterocycles. The Morgan fingerprint density at radius 2 is 1.81 bits per heavy atom. The molecule has 0 aromatic heterocycles. The molecule has 0 radical (unpaired) electrons. The lowest BCUT2D eigenvalue weighted by atomic mass is 10.0. The summed E-state index contributed by atoms with van der Waals surface area (Å²) in [5.74, 6) is 0.893. The van der Waals surface area contributed by atoms with Crippen molar-refractivity contribution in [2.24, 2.45) is 4.99 Å². The van der Waals surface area contributed by atoms with Gasteiger partial charge >= 0.3 is 6.09 Å². The summed E-state index contributed by atoms with van der Waals surface area (Å²) < 4.78 is 5.46. The minimum absolute atomic E-state index is 0. The predicted octanol–water partition coefficient (Wildman–Crippen LogP) is 4.21. The van der Waals surface area contributed by atoms with Crippen LogP contribution in [-0.4, -0.2) is 78.8 Å². The van der Waals surface area contributed by atoms with Gasteiger partial charge in [-0.2, -0.15) is 0 Å². The first-order chi connectivity index (χ1) is 14.2. The number of nitrogens with one attached hydrogen (secondary N) is 2. The first-order valence-corrected chi connectivity index (χ1v) is 11.9. The molecule has 2 N–H and O–H groups in total. The molecule has 7 nitrogen and oxygen atoms in total. The van der Waals surface area contributed by atoms with Crippen LogP contribution in [0.5, 0.6) is 0 Å². The van der Waals surface area contributed by atoms with E-state index in [2.05, 4.69) is 22.5 Å². The Morgan fingerprint density at radius 3 is 2.35 bits per heavy atom. The van der Waals surface area contributed by atoms with Crippen molar-refractivity contribution in [2.45, 2.75) is 103 Å². The average Bonchev–Trinajstić information content (AvgIpc) is 3.21. The molecule has 2 fully saturated rings. The van der Waals surface area contributed by atoms with Crippen LogP contribution in [0.25, 0.3) is 0 Å². The fourth-order valence-electron chi connectivity index (χ4n) is 4.26. The number of ether oxygens (including phenoxy) is 1. The van der Waals surface area contributed by atoms with Gasteiger partial charge in [0.15, 0.2) is 5.96 Å². The van der Waals surface area contributed by atoms with E-state index in [0.29, 0.717) is 12.6 Å². The third-order valence-corrected chi connectivity index (χ3v) is 6.22. The molecule has 2 rings (SSSR count). The minimum atomic E-state index is -0.474. The first kappa shape index (κ1) is 28.3. The van der Waals surface area contributed by atoms with Gasteiger partial charge in [-0.1, -0.05) is 12.8 Å². The highest BCUT2D eigenvalue weighted by atomic mass is 127. The van der Waals surface area contributed by atoms with Gasteiger partial charge in [-0.25, -0.2) is 4.79 Å². The summed E-state index contributed by atoms with van der Waals surface area (Å²) in [6, 6.07) is 1.39. The molecule has 1 aliphatic heterocycles. The first-order valence-electron chi connectivity index (χ1n) is 11.9. The number of likely N-dealkylation sites (tertiary alicyclic amines) is 1. The second-order valence-electron chi connectivity index (χ2n) is 9.88. The van der Waals surface area contributed by atoms with Crippen molar-refractivity contribution in [3.63, 3.8) is 0 Å². The smallest absolute Gasteiger partial charge is 0.410 e. The van der Waals surface area contributed by atoms with Crippen molar-refractivity contribution in [3.05, 3.63) is 0 Å². The summed E-state index contributed by atoms with van der Waals surface area (Å²) in [6.07, 6.45) is 8.46. The van der Waals surface area contributed by atoms with Crippen LogP contribution in [0.3, 0.4) is 0 Å². The van der Waals surface area contributed by atoms with Crippen LogP contribution in [0, 0.1) is 0 Å². The maximum atomic E-state index is 12.2. The van der Waals surface area contributed by atoms with E-state index in [9.17, 15) is 4.79 Å². The SMILES string of the molecule is CCNC(=NCCC(C)N(C)C(=O)OC(C)(C)C)NC1CCN(C2CCCC2)CC1.I. The summed E-state index contributed by atoms with van der Waals surface area (Å²) >= 11 is 0. The molecule has 182 valence electrons. The Labute approximate surface area is 207 Å². The number of piperidine rings is 1. The van der Waals surface area contributed by atoms with Crippen molar-refractivity contribution >= 4 is 36.0 Å². The Morgan fingerprint density at radius 1 is 1.19 bits per heavy atom. The van der Waals surface area contributed by atoms with Gasteiger partial charge in [0.2, 0.25) is 0 Å². The number of guanidine groups is 1. The molecule has 1 saturated carbocycles. The zero-order valence-corrected chi connectivity index (χ0v) is 22.9. The fraction of sp³-hybridized carbons (Fsp3) is 0.913. The van der Waals surface area contributed by atoms with Gasteiger partial charge in [0, 0.05) is 51.4 Å². The van der Waals surface area contributed by atoms with Crippen LogP contribution in [-0.2, 0) is 4.74 Å². The van der Waals surface area contributed by atoms with Crippen LogP contribution < -0.4 is 10.6 Å². The lowest BCUT2D eigenvalue weighted by Crippen LogP contribution is -2.50. The van der Waals surface area contributed by atoms with Gasteiger partial charge in [-0.3, -0.25) is 4.99 Å². The van der Waals surface area contributed by atoms with E-state index in [1.807, 2.05) is 27.7 Å². The number of rotatable bonds is 7. The molecule has 2 aliphatic rings. The van der Waals surface area contributed by atoms with Gasteiger partial charge < -0.3 is 25.2 Å². The van der Waals surface area contributed by atoms with Gasteiger partial charge in [0.1, 0.15) is 5.60 Å². The zero-order valence-electron chi connectivity index (χ0n) is 20.6. The highest BCUT2D eigenvalue weighted by Gasteiger charge is 2.27. The van der Waals surface area contributed by atoms with Crippen molar-refractivity contribution in [2.75, 3.05) is 33.2 Å². The molecule has 1 amide bonds. The summed E-state index contributed by atoms with van der Waals surface area (Å²) in [4.78, 5) is 21.4. The Bertz CT molecular complexity index is 553. The molecule has 1 unspecified atom stereocenters. The topological polar surface area (TPSA) is 69.2 Å². The van der Waals surface area contributed by atoms with Crippen LogP contribution in [0.4, 0.5) is 4.79 Å². The third-order valence-electron chi connectivity index (χ3n) is 6.22. The van der Waals surface area contributed by atoms with E-state index in [-0.39, 0.29) is 36.1 Å². The molecule has 1 aliphatic carbocycles.